The molecule has 0 saturated carbocycles. The number of fused-ring (bicyclic) bond motifs is 2. The summed E-state index contributed by atoms with van der Waals surface area (Å²) in [4.78, 5) is 16.4. The third-order valence-electron chi connectivity index (χ3n) is 3.64. The maximum absolute atomic E-state index is 12.1. The van der Waals surface area contributed by atoms with E-state index < -0.39 is 0 Å². The molecule has 1 aliphatic heterocycles. The number of hydrogen-bond acceptors (Lipinski definition) is 5. The van der Waals surface area contributed by atoms with Gasteiger partial charge in [0.25, 0.3) is 0 Å². The van der Waals surface area contributed by atoms with Crippen molar-refractivity contribution in [2.75, 3.05) is 13.2 Å². The van der Waals surface area contributed by atoms with Crippen LogP contribution in [-0.4, -0.2) is 28.7 Å². The molecule has 0 bridgehead atoms. The first-order valence-corrected chi connectivity index (χ1v) is 7.33. The number of ether oxygens (including phenoxy) is 2. The van der Waals surface area contributed by atoms with Crippen LogP contribution in [0.15, 0.2) is 41.3 Å². The molecule has 4 rings (SSSR count). The van der Waals surface area contributed by atoms with Gasteiger partial charge < -0.3 is 23.8 Å². The topological polar surface area (TPSA) is 78.5 Å². The van der Waals surface area contributed by atoms with E-state index in [0.717, 1.165) is 11.0 Å². The monoisotopic (exact) mass is 313 g/mol. The van der Waals surface area contributed by atoms with Crippen LogP contribution >= 0.6 is 0 Å². The van der Waals surface area contributed by atoms with Gasteiger partial charge in [-0.15, -0.1) is 0 Å². The van der Waals surface area contributed by atoms with Crippen molar-refractivity contribution >= 4 is 16.9 Å². The Morgan fingerprint density at radius 3 is 2.87 bits per heavy atom. The molecular weight excluding hydrogens is 298 g/mol. The van der Waals surface area contributed by atoms with Gasteiger partial charge in [0, 0.05) is 12.1 Å². The van der Waals surface area contributed by atoms with E-state index in [1.165, 1.54) is 0 Å². The quantitative estimate of drug-likeness (QED) is 0.793. The van der Waals surface area contributed by atoms with Crippen LogP contribution in [-0.2, 0) is 17.9 Å². The Morgan fingerprint density at radius 2 is 2.09 bits per heavy atom. The molecule has 0 saturated heterocycles. The number of benzene rings is 1. The fourth-order valence-corrected chi connectivity index (χ4v) is 2.53. The first-order chi connectivity index (χ1) is 11.3. The number of carbonyl (C=O) groups excluding carboxylic acids is 1. The number of carbonyl (C=O) groups is 1. The van der Waals surface area contributed by atoms with Gasteiger partial charge >= 0.3 is 0 Å². The van der Waals surface area contributed by atoms with E-state index in [0.29, 0.717) is 37.0 Å². The molecule has 7 nitrogen and oxygen atoms in total. The zero-order chi connectivity index (χ0) is 15.6. The summed E-state index contributed by atoms with van der Waals surface area (Å²) in [5.74, 6) is 1.97. The van der Waals surface area contributed by atoms with Crippen molar-refractivity contribution in [3.63, 3.8) is 0 Å². The molecule has 2 aromatic heterocycles. The SMILES string of the molecule is O=C(Cn1cnc2cc3c(cc21)OCCO3)NCc1ccco1. The maximum atomic E-state index is 12.1. The summed E-state index contributed by atoms with van der Waals surface area (Å²) in [7, 11) is 0. The smallest absolute Gasteiger partial charge is 0.240 e. The van der Waals surface area contributed by atoms with Crippen LogP contribution in [0.5, 0.6) is 11.5 Å². The van der Waals surface area contributed by atoms with E-state index in [4.69, 9.17) is 13.9 Å². The highest BCUT2D eigenvalue weighted by Gasteiger charge is 2.16. The number of aromatic nitrogens is 2. The van der Waals surface area contributed by atoms with Gasteiger partial charge in [0.15, 0.2) is 11.5 Å². The second-order valence-electron chi connectivity index (χ2n) is 5.21. The van der Waals surface area contributed by atoms with Crippen molar-refractivity contribution in [2.24, 2.45) is 0 Å². The zero-order valence-electron chi connectivity index (χ0n) is 12.3. The molecule has 1 aliphatic rings. The van der Waals surface area contributed by atoms with Crippen LogP contribution in [0.2, 0.25) is 0 Å². The molecule has 1 amide bonds. The Kier molecular flexibility index (Phi) is 3.38. The van der Waals surface area contributed by atoms with Gasteiger partial charge in [-0.25, -0.2) is 4.98 Å². The van der Waals surface area contributed by atoms with E-state index in [-0.39, 0.29) is 12.5 Å². The van der Waals surface area contributed by atoms with E-state index in [9.17, 15) is 4.79 Å². The lowest BCUT2D eigenvalue weighted by molar-refractivity contribution is -0.121. The van der Waals surface area contributed by atoms with E-state index in [1.807, 2.05) is 18.2 Å². The van der Waals surface area contributed by atoms with Crippen molar-refractivity contribution in [1.29, 1.82) is 0 Å². The third-order valence-corrected chi connectivity index (χ3v) is 3.64. The number of nitrogens with one attached hydrogen (secondary N) is 1. The highest BCUT2D eigenvalue weighted by Crippen LogP contribution is 2.34. The molecule has 0 spiro atoms. The number of amides is 1. The molecule has 23 heavy (non-hydrogen) atoms. The summed E-state index contributed by atoms with van der Waals surface area (Å²) >= 11 is 0. The molecule has 7 heteroatoms. The zero-order valence-corrected chi connectivity index (χ0v) is 12.3. The van der Waals surface area contributed by atoms with Gasteiger partial charge in [-0.3, -0.25) is 4.79 Å². The Labute approximate surface area is 131 Å². The minimum atomic E-state index is -0.115. The molecule has 118 valence electrons. The van der Waals surface area contributed by atoms with Crippen LogP contribution in [0.3, 0.4) is 0 Å². The van der Waals surface area contributed by atoms with Crippen molar-refractivity contribution in [3.05, 3.63) is 42.6 Å². The number of nitrogens with zero attached hydrogens (tertiary/aromatic N) is 2. The Morgan fingerprint density at radius 1 is 1.26 bits per heavy atom. The van der Waals surface area contributed by atoms with Crippen LogP contribution in [0.4, 0.5) is 0 Å². The number of furan rings is 1. The van der Waals surface area contributed by atoms with Crippen LogP contribution in [0.25, 0.3) is 11.0 Å². The summed E-state index contributed by atoms with van der Waals surface area (Å²) in [5.41, 5.74) is 1.61. The average molecular weight is 313 g/mol. The van der Waals surface area contributed by atoms with Gasteiger partial charge in [-0.05, 0) is 12.1 Å². The summed E-state index contributed by atoms with van der Waals surface area (Å²) in [6, 6.07) is 7.30. The van der Waals surface area contributed by atoms with Gasteiger partial charge in [0.05, 0.1) is 30.2 Å². The molecule has 0 radical (unpaired) electrons. The van der Waals surface area contributed by atoms with Crippen molar-refractivity contribution < 1.29 is 18.7 Å². The van der Waals surface area contributed by atoms with Gasteiger partial charge in [0.2, 0.25) is 5.91 Å². The molecule has 0 atom stereocenters. The predicted molar refractivity (Wildman–Crippen MR) is 81.3 cm³/mol. The Hall–Kier alpha value is -2.96. The molecular formula is C16H15N3O4. The molecule has 0 fully saturated rings. The number of hydrogen-bond donors (Lipinski definition) is 1. The Balaban J connectivity index is 1.51. The van der Waals surface area contributed by atoms with Crippen LogP contribution in [0, 0.1) is 0 Å². The fraction of sp³-hybridized carbons (Fsp3) is 0.250. The summed E-state index contributed by atoms with van der Waals surface area (Å²) in [5, 5.41) is 2.81. The second kappa shape index (κ2) is 5.68. The lowest BCUT2D eigenvalue weighted by Crippen LogP contribution is -2.26. The summed E-state index contributed by atoms with van der Waals surface area (Å²) < 4.78 is 18.1. The first kappa shape index (κ1) is 13.7. The average Bonchev–Trinajstić information content (AvgIpc) is 3.21. The van der Waals surface area contributed by atoms with Crippen LogP contribution in [0.1, 0.15) is 5.76 Å². The molecule has 0 aliphatic carbocycles. The van der Waals surface area contributed by atoms with Crippen molar-refractivity contribution in [2.45, 2.75) is 13.1 Å². The van der Waals surface area contributed by atoms with E-state index in [1.54, 1.807) is 23.2 Å². The van der Waals surface area contributed by atoms with Crippen LogP contribution < -0.4 is 14.8 Å². The highest BCUT2D eigenvalue weighted by molar-refractivity contribution is 5.83. The van der Waals surface area contributed by atoms with E-state index in [2.05, 4.69) is 10.3 Å². The molecule has 0 unspecified atom stereocenters. The first-order valence-electron chi connectivity index (χ1n) is 7.33. The normalized spacial score (nSPS) is 13.2. The molecule has 3 heterocycles. The standard InChI is InChI=1S/C16H15N3O4/c20-16(17-8-11-2-1-3-21-11)9-19-10-18-12-6-14-15(7-13(12)19)23-5-4-22-14/h1-3,6-7,10H,4-5,8-9H2,(H,17,20). The van der Waals surface area contributed by atoms with Gasteiger partial charge in [-0.2, -0.15) is 0 Å². The number of rotatable bonds is 4. The lowest BCUT2D eigenvalue weighted by atomic mass is 10.2. The minimum Gasteiger partial charge on any atom is -0.486 e. The molecule has 1 N–H and O–H groups in total. The predicted octanol–water partition coefficient (Wildman–Crippen LogP) is 1.72. The summed E-state index contributed by atoms with van der Waals surface area (Å²) in [6.07, 6.45) is 3.22. The fourth-order valence-electron chi connectivity index (χ4n) is 2.53. The number of imidazole rings is 1. The van der Waals surface area contributed by atoms with E-state index >= 15 is 0 Å². The van der Waals surface area contributed by atoms with Gasteiger partial charge in [0.1, 0.15) is 25.5 Å². The minimum absolute atomic E-state index is 0.115. The van der Waals surface area contributed by atoms with Crippen molar-refractivity contribution in [3.8, 4) is 11.5 Å². The second-order valence-corrected chi connectivity index (χ2v) is 5.21. The van der Waals surface area contributed by atoms with Crippen molar-refractivity contribution in [1.82, 2.24) is 14.9 Å². The largest absolute Gasteiger partial charge is 0.486 e. The summed E-state index contributed by atoms with van der Waals surface area (Å²) in [6.45, 7) is 1.60. The highest BCUT2D eigenvalue weighted by atomic mass is 16.6. The van der Waals surface area contributed by atoms with Gasteiger partial charge in [-0.1, -0.05) is 0 Å². The third kappa shape index (κ3) is 2.73. The maximum Gasteiger partial charge on any atom is 0.240 e. The lowest BCUT2D eigenvalue weighted by Gasteiger charge is -2.18. The Bertz CT molecular complexity index is 839. The molecule has 1 aromatic carbocycles. The molecule has 3 aromatic rings.